The minimum absolute atomic E-state index is 0.0144. The standard InChI is InChI=1S/C34H46FN5O3/c1-22(2)37(7)32(41)28-15-27(35)8-9-29(28)40-21-26(31-23(3)16-36-17-30(31)40)14-24-10-12-38(18-24)19-25-11-13-39(20-25)33(42)43-34(4,5)6/h8-9,15-17,21-22,24-25H,10-14,18-20H2,1-7H3/t24-,25+/m1/s1. The van der Waals surface area contributed by atoms with E-state index in [9.17, 15) is 14.0 Å². The number of rotatable bonds is 7. The highest BCUT2D eigenvalue weighted by atomic mass is 19.1. The average Bonchev–Trinajstić information content (AvgIpc) is 3.67. The number of ether oxygens (including phenoxy) is 1. The molecule has 2 amide bonds. The van der Waals surface area contributed by atoms with Crippen LogP contribution in [0.5, 0.6) is 0 Å². The lowest BCUT2D eigenvalue weighted by Crippen LogP contribution is -2.36. The van der Waals surface area contributed by atoms with E-state index in [1.165, 1.54) is 17.7 Å². The van der Waals surface area contributed by atoms with E-state index < -0.39 is 11.4 Å². The molecule has 232 valence electrons. The Bertz CT molecular complexity index is 1490. The normalized spacial score (nSPS) is 19.5. The second-order valence-electron chi connectivity index (χ2n) is 13.7. The van der Waals surface area contributed by atoms with E-state index >= 15 is 0 Å². The van der Waals surface area contributed by atoms with Crippen molar-refractivity contribution < 1.29 is 18.7 Å². The predicted molar refractivity (Wildman–Crippen MR) is 167 cm³/mol. The van der Waals surface area contributed by atoms with Crippen molar-refractivity contribution in [2.24, 2.45) is 11.8 Å². The third-order valence-electron chi connectivity index (χ3n) is 8.86. The summed E-state index contributed by atoms with van der Waals surface area (Å²) in [7, 11) is 1.75. The van der Waals surface area contributed by atoms with E-state index in [4.69, 9.17) is 4.74 Å². The number of hydrogen-bond acceptors (Lipinski definition) is 5. The quantitative estimate of drug-likeness (QED) is 0.333. The minimum Gasteiger partial charge on any atom is -0.444 e. The summed E-state index contributed by atoms with van der Waals surface area (Å²) in [5.41, 5.74) is 3.75. The van der Waals surface area contributed by atoms with Gasteiger partial charge in [-0.15, -0.1) is 0 Å². The first-order valence-electron chi connectivity index (χ1n) is 15.5. The highest BCUT2D eigenvalue weighted by Crippen LogP contribution is 2.33. The second-order valence-corrected chi connectivity index (χ2v) is 13.7. The molecule has 2 fully saturated rings. The van der Waals surface area contributed by atoms with Gasteiger partial charge in [-0.2, -0.15) is 0 Å². The van der Waals surface area contributed by atoms with Crippen LogP contribution in [-0.4, -0.2) is 87.7 Å². The second kappa shape index (κ2) is 12.3. The number of benzene rings is 1. The predicted octanol–water partition coefficient (Wildman–Crippen LogP) is 6.07. The zero-order valence-electron chi connectivity index (χ0n) is 26.7. The summed E-state index contributed by atoms with van der Waals surface area (Å²) in [6.07, 6.45) is 8.66. The Morgan fingerprint density at radius 3 is 2.58 bits per heavy atom. The number of aryl methyl sites for hydroxylation is 1. The van der Waals surface area contributed by atoms with Crippen LogP contribution in [0.4, 0.5) is 9.18 Å². The molecule has 2 aliphatic heterocycles. The van der Waals surface area contributed by atoms with E-state index in [0.717, 1.165) is 68.5 Å². The lowest BCUT2D eigenvalue weighted by molar-refractivity contribution is 0.0285. The molecule has 0 N–H and O–H groups in total. The number of aromatic nitrogens is 2. The highest BCUT2D eigenvalue weighted by Gasteiger charge is 2.33. The lowest BCUT2D eigenvalue weighted by Gasteiger charge is -2.25. The Balaban J connectivity index is 1.33. The average molecular weight is 592 g/mol. The fraction of sp³-hybridized carbons (Fsp3) is 0.559. The smallest absolute Gasteiger partial charge is 0.410 e. The monoisotopic (exact) mass is 591 g/mol. The van der Waals surface area contributed by atoms with E-state index in [2.05, 4.69) is 23.0 Å². The summed E-state index contributed by atoms with van der Waals surface area (Å²) in [4.78, 5) is 36.4. The first kappa shape index (κ1) is 31.0. The molecule has 4 heterocycles. The summed E-state index contributed by atoms with van der Waals surface area (Å²) in [5.74, 6) is 0.311. The van der Waals surface area contributed by atoms with Gasteiger partial charge < -0.3 is 24.0 Å². The molecule has 43 heavy (non-hydrogen) atoms. The van der Waals surface area contributed by atoms with Gasteiger partial charge in [0.05, 0.1) is 23.0 Å². The van der Waals surface area contributed by atoms with Crippen molar-refractivity contribution in [2.75, 3.05) is 39.8 Å². The van der Waals surface area contributed by atoms with Crippen LogP contribution in [0.2, 0.25) is 0 Å². The molecule has 2 aliphatic rings. The Kier molecular flexibility index (Phi) is 8.84. The first-order chi connectivity index (χ1) is 20.3. The van der Waals surface area contributed by atoms with Crippen molar-refractivity contribution in [1.82, 2.24) is 24.3 Å². The highest BCUT2D eigenvalue weighted by molar-refractivity contribution is 5.99. The Morgan fingerprint density at radius 2 is 1.86 bits per heavy atom. The zero-order chi connectivity index (χ0) is 31.1. The van der Waals surface area contributed by atoms with Crippen molar-refractivity contribution in [3.63, 3.8) is 0 Å². The molecule has 2 aromatic heterocycles. The molecule has 0 aliphatic carbocycles. The van der Waals surface area contributed by atoms with E-state index in [0.29, 0.717) is 23.1 Å². The maximum Gasteiger partial charge on any atom is 0.410 e. The molecule has 3 aromatic rings. The van der Waals surface area contributed by atoms with Gasteiger partial charge in [0, 0.05) is 57.0 Å². The molecular weight excluding hydrogens is 545 g/mol. The van der Waals surface area contributed by atoms with Gasteiger partial charge in [0.1, 0.15) is 11.4 Å². The Labute approximate surface area is 254 Å². The van der Waals surface area contributed by atoms with Crippen LogP contribution in [-0.2, 0) is 11.2 Å². The number of likely N-dealkylation sites (tertiary alicyclic amines) is 2. The van der Waals surface area contributed by atoms with Gasteiger partial charge in [0.2, 0.25) is 0 Å². The summed E-state index contributed by atoms with van der Waals surface area (Å²) in [5, 5.41) is 1.15. The first-order valence-corrected chi connectivity index (χ1v) is 15.5. The van der Waals surface area contributed by atoms with Crippen molar-refractivity contribution in [2.45, 2.75) is 72.4 Å². The SMILES string of the molecule is Cc1cncc2c1c(C[C@H]1CCN(C[C@@H]3CCN(C(=O)OC(C)(C)C)C3)C1)cn2-c1ccc(F)cc1C(=O)N(C)C(C)C. The van der Waals surface area contributed by atoms with Gasteiger partial charge >= 0.3 is 6.09 Å². The van der Waals surface area contributed by atoms with Crippen LogP contribution in [0.1, 0.15) is 68.9 Å². The van der Waals surface area contributed by atoms with Crippen molar-refractivity contribution in [3.05, 3.63) is 59.3 Å². The number of carbonyl (C=O) groups is 2. The molecule has 9 heteroatoms. The molecule has 8 nitrogen and oxygen atoms in total. The summed E-state index contributed by atoms with van der Waals surface area (Å²) in [6.45, 7) is 16.2. The van der Waals surface area contributed by atoms with Crippen molar-refractivity contribution in [1.29, 1.82) is 0 Å². The lowest BCUT2D eigenvalue weighted by atomic mass is 9.97. The van der Waals surface area contributed by atoms with Gasteiger partial charge in [-0.3, -0.25) is 9.78 Å². The minimum atomic E-state index is -0.479. The molecule has 0 unspecified atom stereocenters. The molecule has 0 spiro atoms. The third kappa shape index (κ3) is 6.87. The molecular formula is C34H46FN5O3. The molecule has 0 radical (unpaired) electrons. The topological polar surface area (TPSA) is 70.9 Å². The number of pyridine rings is 1. The van der Waals surface area contributed by atoms with E-state index in [-0.39, 0.29) is 18.0 Å². The molecule has 1 aromatic carbocycles. The van der Waals surface area contributed by atoms with Crippen LogP contribution < -0.4 is 0 Å². The Hall–Kier alpha value is -3.46. The fourth-order valence-corrected chi connectivity index (χ4v) is 6.50. The number of halogens is 1. The molecule has 0 saturated carbocycles. The van der Waals surface area contributed by atoms with Gasteiger partial charge in [-0.25, -0.2) is 9.18 Å². The van der Waals surface area contributed by atoms with Crippen LogP contribution in [0, 0.1) is 24.6 Å². The van der Waals surface area contributed by atoms with Crippen LogP contribution >= 0.6 is 0 Å². The van der Waals surface area contributed by atoms with Crippen LogP contribution in [0.3, 0.4) is 0 Å². The van der Waals surface area contributed by atoms with E-state index in [1.807, 2.05) is 56.5 Å². The summed E-state index contributed by atoms with van der Waals surface area (Å²) < 4.78 is 22.0. The van der Waals surface area contributed by atoms with Gasteiger partial charge in [-0.05, 0) is 109 Å². The van der Waals surface area contributed by atoms with E-state index in [1.54, 1.807) is 18.0 Å². The maximum absolute atomic E-state index is 14.4. The van der Waals surface area contributed by atoms with Crippen molar-refractivity contribution in [3.8, 4) is 5.69 Å². The number of nitrogens with zero attached hydrogens (tertiary/aromatic N) is 5. The Morgan fingerprint density at radius 1 is 1.12 bits per heavy atom. The number of amides is 2. The van der Waals surface area contributed by atoms with Gasteiger partial charge in [0.25, 0.3) is 5.91 Å². The zero-order valence-corrected chi connectivity index (χ0v) is 26.7. The number of fused-ring (bicyclic) bond motifs is 1. The van der Waals surface area contributed by atoms with Gasteiger partial charge in [0.15, 0.2) is 0 Å². The summed E-state index contributed by atoms with van der Waals surface area (Å²) >= 11 is 0. The molecule has 5 rings (SSSR count). The molecule has 0 bridgehead atoms. The molecule has 2 saturated heterocycles. The van der Waals surface area contributed by atoms with Crippen molar-refractivity contribution >= 4 is 22.9 Å². The summed E-state index contributed by atoms with van der Waals surface area (Å²) in [6, 6.07) is 4.44. The van der Waals surface area contributed by atoms with Crippen LogP contribution in [0.15, 0.2) is 36.8 Å². The fourth-order valence-electron chi connectivity index (χ4n) is 6.50. The number of carbonyl (C=O) groups excluding carboxylic acids is 2. The number of hydrogen-bond donors (Lipinski definition) is 0. The third-order valence-corrected chi connectivity index (χ3v) is 8.86. The van der Waals surface area contributed by atoms with Gasteiger partial charge in [-0.1, -0.05) is 0 Å². The molecule has 2 atom stereocenters. The van der Waals surface area contributed by atoms with Crippen LogP contribution in [0.25, 0.3) is 16.6 Å². The maximum atomic E-state index is 14.4. The largest absolute Gasteiger partial charge is 0.444 e.